The zero-order valence-corrected chi connectivity index (χ0v) is 16.3. The standard InChI is InChI=1S/C18H21NO5S2/c1-13-7-8-15(11-14(13)2)26(22,23)19-12-18(21)24-9-3-5-16(20)17-6-4-10-25-17/h4,6-8,10-11,19H,3,5,9,12H2,1-2H3. The third-order valence-corrected chi connectivity index (χ3v) is 6.11. The van der Waals surface area contributed by atoms with Gasteiger partial charge in [0.15, 0.2) is 5.78 Å². The molecule has 26 heavy (non-hydrogen) atoms. The minimum absolute atomic E-state index is 0.00601. The van der Waals surface area contributed by atoms with Crippen LogP contribution in [0.25, 0.3) is 0 Å². The highest BCUT2D eigenvalue weighted by atomic mass is 32.2. The zero-order chi connectivity index (χ0) is 19.2. The van der Waals surface area contributed by atoms with Crippen molar-refractivity contribution < 1.29 is 22.7 Å². The molecule has 1 heterocycles. The van der Waals surface area contributed by atoms with Crippen molar-refractivity contribution in [3.05, 3.63) is 51.7 Å². The lowest BCUT2D eigenvalue weighted by molar-refractivity contribution is -0.142. The number of hydrogen-bond acceptors (Lipinski definition) is 6. The molecule has 0 aliphatic heterocycles. The third-order valence-electron chi connectivity index (χ3n) is 3.80. The van der Waals surface area contributed by atoms with Crippen molar-refractivity contribution in [3.8, 4) is 0 Å². The summed E-state index contributed by atoms with van der Waals surface area (Å²) in [5.41, 5.74) is 1.84. The average Bonchev–Trinajstić information content (AvgIpc) is 3.14. The normalized spacial score (nSPS) is 11.3. The van der Waals surface area contributed by atoms with Crippen molar-refractivity contribution >= 4 is 33.1 Å². The first-order valence-corrected chi connectivity index (χ1v) is 10.4. The highest BCUT2D eigenvalue weighted by molar-refractivity contribution is 7.89. The van der Waals surface area contributed by atoms with E-state index in [2.05, 4.69) is 4.72 Å². The lowest BCUT2D eigenvalue weighted by atomic mass is 10.1. The maximum absolute atomic E-state index is 12.2. The Morgan fingerprint density at radius 1 is 1.15 bits per heavy atom. The number of rotatable bonds is 9. The molecule has 0 saturated carbocycles. The van der Waals surface area contributed by atoms with E-state index in [0.29, 0.717) is 11.3 Å². The lowest BCUT2D eigenvalue weighted by Crippen LogP contribution is -2.31. The van der Waals surface area contributed by atoms with Crippen LogP contribution < -0.4 is 4.72 Å². The molecule has 2 rings (SSSR count). The molecule has 0 radical (unpaired) electrons. The quantitative estimate of drug-likeness (QED) is 0.401. The largest absolute Gasteiger partial charge is 0.465 e. The maximum atomic E-state index is 12.2. The summed E-state index contributed by atoms with van der Waals surface area (Å²) in [7, 11) is -3.77. The lowest BCUT2D eigenvalue weighted by Gasteiger charge is -2.09. The van der Waals surface area contributed by atoms with Gasteiger partial charge in [0.25, 0.3) is 0 Å². The number of sulfonamides is 1. The SMILES string of the molecule is Cc1ccc(S(=O)(=O)NCC(=O)OCCCC(=O)c2cccs2)cc1C. The highest BCUT2D eigenvalue weighted by Crippen LogP contribution is 2.14. The first kappa shape index (κ1) is 20.3. The smallest absolute Gasteiger partial charge is 0.321 e. The molecule has 0 unspecified atom stereocenters. The third kappa shape index (κ3) is 5.76. The number of carbonyl (C=O) groups excluding carboxylic acids is 2. The van der Waals surface area contributed by atoms with E-state index in [4.69, 9.17) is 4.74 Å². The van der Waals surface area contributed by atoms with E-state index in [1.807, 2.05) is 19.2 Å². The molecule has 1 aromatic heterocycles. The molecular formula is C18H21NO5S2. The maximum Gasteiger partial charge on any atom is 0.321 e. The van der Waals surface area contributed by atoms with Gasteiger partial charge in [-0.15, -0.1) is 11.3 Å². The van der Waals surface area contributed by atoms with Crippen LogP contribution in [-0.4, -0.2) is 33.3 Å². The van der Waals surface area contributed by atoms with Crippen molar-refractivity contribution in [3.63, 3.8) is 0 Å². The Kier molecular flexibility index (Phi) is 7.07. The van der Waals surface area contributed by atoms with Crippen LogP contribution in [0.4, 0.5) is 0 Å². The van der Waals surface area contributed by atoms with Crippen LogP contribution in [0.5, 0.6) is 0 Å². The van der Waals surface area contributed by atoms with Gasteiger partial charge in [-0.1, -0.05) is 12.1 Å². The molecule has 0 saturated heterocycles. The number of nitrogens with one attached hydrogen (secondary N) is 1. The van der Waals surface area contributed by atoms with Crippen molar-refractivity contribution in [2.24, 2.45) is 0 Å². The van der Waals surface area contributed by atoms with E-state index < -0.39 is 22.5 Å². The number of ether oxygens (including phenoxy) is 1. The summed E-state index contributed by atoms with van der Waals surface area (Å²) in [6.45, 7) is 3.33. The second-order valence-corrected chi connectivity index (χ2v) is 8.51. The summed E-state index contributed by atoms with van der Waals surface area (Å²) in [5, 5.41) is 1.83. The van der Waals surface area contributed by atoms with E-state index in [0.717, 1.165) is 11.1 Å². The van der Waals surface area contributed by atoms with Crippen LogP contribution in [0.2, 0.25) is 0 Å². The van der Waals surface area contributed by atoms with Gasteiger partial charge in [-0.3, -0.25) is 9.59 Å². The first-order chi connectivity index (χ1) is 12.3. The Bertz CT molecular complexity index is 873. The number of esters is 1. The molecule has 0 spiro atoms. The predicted molar refractivity (Wildman–Crippen MR) is 99.9 cm³/mol. The highest BCUT2D eigenvalue weighted by Gasteiger charge is 2.16. The van der Waals surface area contributed by atoms with Gasteiger partial charge >= 0.3 is 5.97 Å². The number of hydrogen-bond donors (Lipinski definition) is 1. The fourth-order valence-electron chi connectivity index (χ4n) is 2.15. The van der Waals surface area contributed by atoms with Crippen LogP contribution in [0.15, 0.2) is 40.6 Å². The molecule has 1 N–H and O–H groups in total. The summed E-state index contributed by atoms with van der Waals surface area (Å²) in [4.78, 5) is 24.3. The van der Waals surface area contributed by atoms with Gasteiger partial charge in [0.1, 0.15) is 6.54 Å². The topological polar surface area (TPSA) is 89.5 Å². The monoisotopic (exact) mass is 395 g/mol. The second kappa shape index (κ2) is 9.07. The van der Waals surface area contributed by atoms with Crippen molar-refractivity contribution in [1.29, 1.82) is 0 Å². The Balaban J connectivity index is 1.74. The van der Waals surface area contributed by atoms with Crippen molar-refractivity contribution in [1.82, 2.24) is 4.72 Å². The minimum atomic E-state index is -3.77. The molecule has 1 aromatic carbocycles. The average molecular weight is 396 g/mol. The molecule has 2 aromatic rings. The van der Waals surface area contributed by atoms with Gasteiger partial charge in [-0.2, -0.15) is 4.72 Å². The van der Waals surface area contributed by atoms with E-state index in [1.54, 1.807) is 24.3 Å². The molecule has 0 bridgehead atoms. The molecule has 140 valence electrons. The number of carbonyl (C=O) groups is 2. The van der Waals surface area contributed by atoms with Gasteiger partial charge in [0.2, 0.25) is 10.0 Å². The Labute approximate surface area is 157 Å². The van der Waals surface area contributed by atoms with Gasteiger partial charge in [0.05, 0.1) is 16.4 Å². The number of thiophene rings is 1. The number of Topliss-reactive ketones (excluding diaryl/α,β-unsaturated/α-hetero) is 1. The second-order valence-electron chi connectivity index (χ2n) is 5.80. The van der Waals surface area contributed by atoms with E-state index >= 15 is 0 Å². The van der Waals surface area contributed by atoms with Crippen LogP contribution in [0.3, 0.4) is 0 Å². The van der Waals surface area contributed by atoms with Crippen LogP contribution in [0.1, 0.15) is 33.6 Å². The van der Waals surface area contributed by atoms with E-state index in [1.165, 1.54) is 17.4 Å². The number of aryl methyl sites for hydroxylation is 2. The van der Waals surface area contributed by atoms with E-state index in [-0.39, 0.29) is 23.7 Å². The molecule has 0 amide bonds. The molecule has 0 aliphatic carbocycles. The van der Waals surface area contributed by atoms with Gasteiger partial charge in [-0.05, 0) is 55.0 Å². The summed E-state index contributed by atoms with van der Waals surface area (Å²) >= 11 is 1.37. The summed E-state index contributed by atoms with van der Waals surface area (Å²) < 4.78 is 31.6. The Hall–Kier alpha value is -2.03. The summed E-state index contributed by atoms with van der Waals surface area (Å²) in [6.07, 6.45) is 0.675. The fraction of sp³-hybridized carbons (Fsp3) is 0.333. The van der Waals surface area contributed by atoms with Crippen LogP contribution >= 0.6 is 11.3 Å². The van der Waals surface area contributed by atoms with Crippen molar-refractivity contribution in [2.45, 2.75) is 31.6 Å². The zero-order valence-electron chi connectivity index (χ0n) is 14.7. The predicted octanol–water partition coefficient (Wildman–Crippen LogP) is 2.85. The molecule has 0 atom stereocenters. The first-order valence-electron chi connectivity index (χ1n) is 8.09. The Morgan fingerprint density at radius 3 is 2.58 bits per heavy atom. The van der Waals surface area contributed by atoms with Crippen LogP contribution in [0, 0.1) is 13.8 Å². The van der Waals surface area contributed by atoms with Gasteiger partial charge in [0, 0.05) is 6.42 Å². The van der Waals surface area contributed by atoms with Crippen molar-refractivity contribution in [2.75, 3.05) is 13.2 Å². The molecular weight excluding hydrogens is 374 g/mol. The fourth-order valence-corrected chi connectivity index (χ4v) is 3.90. The van der Waals surface area contributed by atoms with E-state index in [9.17, 15) is 18.0 Å². The molecule has 8 heteroatoms. The molecule has 0 fully saturated rings. The Morgan fingerprint density at radius 2 is 1.92 bits per heavy atom. The minimum Gasteiger partial charge on any atom is -0.465 e. The molecule has 6 nitrogen and oxygen atoms in total. The molecule has 0 aliphatic rings. The number of benzene rings is 1. The summed E-state index contributed by atoms with van der Waals surface area (Å²) in [5.74, 6) is -0.674. The van der Waals surface area contributed by atoms with Gasteiger partial charge < -0.3 is 4.74 Å². The summed E-state index contributed by atoms with van der Waals surface area (Å²) in [6, 6.07) is 8.32. The number of ketones is 1. The van der Waals surface area contributed by atoms with Crippen LogP contribution in [-0.2, 0) is 19.6 Å². The van der Waals surface area contributed by atoms with Gasteiger partial charge in [-0.25, -0.2) is 8.42 Å².